The van der Waals surface area contributed by atoms with E-state index in [1.54, 1.807) is 0 Å². The van der Waals surface area contributed by atoms with E-state index in [4.69, 9.17) is 14.3 Å². The molecule has 0 amide bonds. The summed E-state index contributed by atoms with van der Waals surface area (Å²) in [4.78, 5) is 10.5. The SMILES string of the molecule is O=C(O)CCCOc1ccc2oc3cc(Br)ccc3c2c1. The van der Waals surface area contributed by atoms with Crippen LogP contribution in [0.15, 0.2) is 45.3 Å². The summed E-state index contributed by atoms with van der Waals surface area (Å²) in [5.41, 5.74) is 1.63. The molecule has 1 N–H and O–H groups in total. The molecule has 3 rings (SSSR count). The van der Waals surface area contributed by atoms with Crippen LogP contribution in [-0.4, -0.2) is 17.7 Å². The van der Waals surface area contributed by atoms with Crippen LogP contribution in [-0.2, 0) is 4.79 Å². The highest BCUT2D eigenvalue weighted by Crippen LogP contribution is 2.32. The van der Waals surface area contributed by atoms with Gasteiger partial charge in [-0.05, 0) is 42.8 Å². The normalized spacial score (nSPS) is 11.1. The van der Waals surface area contributed by atoms with Gasteiger partial charge in [-0.1, -0.05) is 15.9 Å². The second-order valence-corrected chi connectivity index (χ2v) is 5.66. The molecule has 21 heavy (non-hydrogen) atoms. The number of fused-ring (bicyclic) bond motifs is 3. The van der Waals surface area contributed by atoms with Crippen LogP contribution < -0.4 is 4.74 Å². The Hall–Kier alpha value is -2.01. The largest absolute Gasteiger partial charge is 0.494 e. The number of carbonyl (C=O) groups is 1. The van der Waals surface area contributed by atoms with Gasteiger partial charge in [0, 0.05) is 21.7 Å². The molecule has 1 aromatic heterocycles. The molecular weight excluding hydrogens is 336 g/mol. The van der Waals surface area contributed by atoms with Crippen molar-refractivity contribution < 1.29 is 19.1 Å². The minimum atomic E-state index is -0.805. The van der Waals surface area contributed by atoms with Gasteiger partial charge in [-0.25, -0.2) is 0 Å². The third-order valence-corrected chi connectivity index (χ3v) is 3.70. The van der Waals surface area contributed by atoms with Gasteiger partial charge >= 0.3 is 5.97 Å². The van der Waals surface area contributed by atoms with Crippen molar-refractivity contribution in [2.75, 3.05) is 6.61 Å². The first kappa shape index (κ1) is 13.9. The molecule has 0 unspecified atom stereocenters. The van der Waals surface area contributed by atoms with Crippen molar-refractivity contribution >= 4 is 43.8 Å². The smallest absolute Gasteiger partial charge is 0.303 e. The van der Waals surface area contributed by atoms with Crippen LogP contribution in [0.2, 0.25) is 0 Å². The lowest BCUT2D eigenvalue weighted by molar-refractivity contribution is -0.137. The molecule has 108 valence electrons. The van der Waals surface area contributed by atoms with E-state index in [2.05, 4.69) is 15.9 Å². The minimum absolute atomic E-state index is 0.116. The number of hydrogen-bond donors (Lipinski definition) is 1. The lowest BCUT2D eigenvalue weighted by atomic mass is 10.1. The van der Waals surface area contributed by atoms with Crippen LogP contribution in [0.25, 0.3) is 21.9 Å². The highest BCUT2D eigenvalue weighted by Gasteiger charge is 2.08. The molecule has 4 nitrogen and oxygen atoms in total. The maximum atomic E-state index is 10.5. The summed E-state index contributed by atoms with van der Waals surface area (Å²) in [6.07, 6.45) is 0.608. The van der Waals surface area contributed by atoms with Crippen molar-refractivity contribution in [2.45, 2.75) is 12.8 Å². The van der Waals surface area contributed by atoms with Crippen molar-refractivity contribution in [2.24, 2.45) is 0 Å². The predicted molar refractivity (Wildman–Crippen MR) is 83.8 cm³/mol. The molecule has 0 saturated heterocycles. The summed E-state index contributed by atoms with van der Waals surface area (Å²) in [6, 6.07) is 11.5. The van der Waals surface area contributed by atoms with Crippen molar-refractivity contribution in [3.63, 3.8) is 0 Å². The molecule has 0 aliphatic carbocycles. The van der Waals surface area contributed by atoms with Crippen molar-refractivity contribution in [3.05, 3.63) is 40.9 Å². The molecular formula is C16H13BrO4. The standard InChI is InChI=1S/C16H13BrO4/c17-10-3-5-12-13-9-11(20-7-1-2-16(18)19)4-6-14(13)21-15(12)8-10/h3-6,8-9H,1-2,7H2,(H,18,19). The van der Waals surface area contributed by atoms with E-state index in [-0.39, 0.29) is 6.42 Å². The molecule has 0 fully saturated rings. The van der Waals surface area contributed by atoms with Crippen molar-refractivity contribution in [3.8, 4) is 5.75 Å². The summed E-state index contributed by atoms with van der Waals surface area (Å²) in [5.74, 6) is -0.0843. The molecule has 1 heterocycles. The van der Waals surface area contributed by atoms with Gasteiger partial charge in [0.1, 0.15) is 16.9 Å². The Morgan fingerprint density at radius 3 is 2.81 bits per heavy atom. The quantitative estimate of drug-likeness (QED) is 0.685. The van der Waals surface area contributed by atoms with Crippen LogP contribution in [0, 0.1) is 0 Å². The summed E-state index contributed by atoms with van der Waals surface area (Å²) in [5, 5.41) is 10.6. The molecule has 0 atom stereocenters. The number of aliphatic carboxylic acids is 1. The number of carboxylic acids is 1. The Morgan fingerprint density at radius 2 is 2.00 bits per heavy atom. The fourth-order valence-corrected chi connectivity index (χ4v) is 2.57. The Morgan fingerprint density at radius 1 is 1.14 bits per heavy atom. The van der Waals surface area contributed by atoms with Crippen molar-refractivity contribution in [1.29, 1.82) is 0 Å². The third-order valence-electron chi connectivity index (χ3n) is 3.21. The van der Waals surface area contributed by atoms with Gasteiger partial charge in [-0.3, -0.25) is 4.79 Å². The van der Waals surface area contributed by atoms with Crippen molar-refractivity contribution in [1.82, 2.24) is 0 Å². The first-order valence-electron chi connectivity index (χ1n) is 6.60. The van der Waals surface area contributed by atoms with Crippen LogP contribution in [0.1, 0.15) is 12.8 Å². The van der Waals surface area contributed by atoms with Crippen LogP contribution in [0.4, 0.5) is 0 Å². The molecule has 0 saturated carbocycles. The van der Waals surface area contributed by atoms with Gasteiger partial charge in [-0.15, -0.1) is 0 Å². The average Bonchev–Trinajstić information content (AvgIpc) is 2.80. The van der Waals surface area contributed by atoms with Crippen LogP contribution >= 0.6 is 15.9 Å². The number of rotatable bonds is 5. The monoisotopic (exact) mass is 348 g/mol. The van der Waals surface area contributed by atoms with Gasteiger partial charge in [0.15, 0.2) is 0 Å². The first-order chi connectivity index (χ1) is 10.1. The summed E-state index contributed by atoms with van der Waals surface area (Å²) in [6.45, 7) is 0.388. The maximum Gasteiger partial charge on any atom is 0.303 e. The zero-order chi connectivity index (χ0) is 14.8. The van der Waals surface area contributed by atoms with Gasteiger partial charge in [-0.2, -0.15) is 0 Å². The van der Waals surface area contributed by atoms with Gasteiger partial charge in [0.05, 0.1) is 6.61 Å². The van der Waals surface area contributed by atoms with E-state index in [9.17, 15) is 4.79 Å². The Balaban J connectivity index is 1.85. The number of hydrogen-bond acceptors (Lipinski definition) is 3. The number of carboxylic acid groups (broad SMARTS) is 1. The number of furan rings is 1. The van der Waals surface area contributed by atoms with E-state index in [0.29, 0.717) is 13.0 Å². The number of ether oxygens (including phenoxy) is 1. The third kappa shape index (κ3) is 3.03. The molecule has 0 aliphatic heterocycles. The van der Waals surface area contributed by atoms with Crippen LogP contribution in [0.5, 0.6) is 5.75 Å². The Bertz CT molecular complexity index is 806. The topological polar surface area (TPSA) is 59.7 Å². The fraction of sp³-hybridized carbons (Fsp3) is 0.188. The van der Waals surface area contributed by atoms with E-state index in [1.165, 1.54) is 0 Å². The Kier molecular flexibility index (Phi) is 3.84. The van der Waals surface area contributed by atoms with E-state index >= 15 is 0 Å². The second-order valence-electron chi connectivity index (χ2n) is 4.75. The molecule has 2 aromatic carbocycles. The lowest BCUT2D eigenvalue weighted by Crippen LogP contribution is -2.01. The zero-order valence-corrected chi connectivity index (χ0v) is 12.7. The van der Waals surface area contributed by atoms with E-state index in [1.807, 2.05) is 36.4 Å². The molecule has 0 spiro atoms. The molecule has 0 radical (unpaired) electrons. The average molecular weight is 349 g/mol. The van der Waals surface area contributed by atoms with Gasteiger partial charge < -0.3 is 14.3 Å². The molecule has 0 bridgehead atoms. The zero-order valence-electron chi connectivity index (χ0n) is 11.1. The summed E-state index contributed by atoms with van der Waals surface area (Å²) < 4.78 is 12.3. The predicted octanol–water partition coefficient (Wildman–Crippen LogP) is 4.59. The lowest BCUT2D eigenvalue weighted by Gasteiger charge is -2.04. The van der Waals surface area contributed by atoms with E-state index < -0.39 is 5.97 Å². The van der Waals surface area contributed by atoms with Gasteiger partial charge in [0.2, 0.25) is 0 Å². The highest BCUT2D eigenvalue weighted by atomic mass is 79.9. The maximum absolute atomic E-state index is 10.5. The summed E-state index contributed by atoms with van der Waals surface area (Å²) in [7, 11) is 0. The van der Waals surface area contributed by atoms with Crippen LogP contribution in [0.3, 0.4) is 0 Å². The molecule has 0 aliphatic rings. The summed E-state index contributed by atoms with van der Waals surface area (Å²) >= 11 is 3.43. The fourth-order valence-electron chi connectivity index (χ4n) is 2.23. The number of benzene rings is 2. The highest BCUT2D eigenvalue weighted by molar-refractivity contribution is 9.10. The Labute approximate surface area is 129 Å². The van der Waals surface area contributed by atoms with Gasteiger partial charge in [0.25, 0.3) is 0 Å². The molecule has 3 aromatic rings. The number of halogens is 1. The first-order valence-corrected chi connectivity index (χ1v) is 7.39. The minimum Gasteiger partial charge on any atom is -0.494 e. The second kappa shape index (κ2) is 5.77. The molecule has 5 heteroatoms. The van der Waals surface area contributed by atoms with E-state index in [0.717, 1.165) is 32.2 Å².